The van der Waals surface area contributed by atoms with E-state index >= 15 is 0 Å². The van der Waals surface area contributed by atoms with Crippen LogP contribution in [0.2, 0.25) is 0 Å². The Kier molecular flexibility index (Phi) is 3.19. The van der Waals surface area contributed by atoms with Crippen LogP contribution in [0, 0.1) is 0 Å². The van der Waals surface area contributed by atoms with Gasteiger partial charge < -0.3 is 5.11 Å². The lowest BCUT2D eigenvalue weighted by Gasteiger charge is -2.09. The third kappa shape index (κ3) is 2.28. The molecule has 0 saturated heterocycles. The molecule has 1 nitrogen and oxygen atoms in total. The topological polar surface area (TPSA) is 20.2 Å². The predicted molar refractivity (Wildman–Crippen MR) is 64.2 cm³/mol. The van der Waals surface area contributed by atoms with Crippen molar-refractivity contribution in [2.75, 3.05) is 0 Å². The van der Waals surface area contributed by atoms with Crippen molar-refractivity contribution in [3.8, 4) is 0 Å². The maximum absolute atomic E-state index is 10.1. The standard InChI is InChI=1S/C13H14OS/c1-2-10-3-5-11(6-4-10)13(14)12-7-8-15-9-12/h3-9,13-14H,2H2,1H3/t13-/m0/s1. The summed E-state index contributed by atoms with van der Waals surface area (Å²) in [6, 6.07) is 10.1. The molecule has 0 saturated carbocycles. The number of aliphatic hydroxyl groups is 1. The van der Waals surface area contributed by atoms with Gasteiger partial charge in [0.15, 0.2) is 0 Å². The molecule has 0 aliphatic carbocycles. The number of hydrogen-bond acceptors (Lipinski definition) is 2. The minimum Gasteiger partial charge on any atom is -0.384 e. The summed E-state index contributed by atoms with van der Waals surface area (Å²) in [5, 5.41) is 14.0. The third-order valence-corrected chi connectivity index (χ3v) is 3.26. The first-order valence-corrected chi connectivity index (χ1v) is 6.04. The summed E-state index contributed by atoms with van der Waals surface area (Å²) in [5.41, 5.74) is 3.24. The first-order chi connectivity index (χ1) is 7.31. The molecule has 1 atom stereocenters. The Morgan fingerprint density at radius 2 is 1.87 bits per heavy atom. The van der Waals surface area contributed by atoms with E-state index in [9.17, 15) is 5.11 Å². The molecular weight excluding hydrogens is 204 g/mol. The van der Waals surface area contributed by atoms with Gasteiger partial charge in [-0.15, -0.1) is 0 Å². The number of aliphatic hydroxyl groups excluding tert-OH is 1. The number of hydrogen-bond donors (Lipinski definition) is 1. The predicted octanol–water partition coefficient (Wildman–Crippen LogP) is 3.39. The van der Waals surface area contributed by atoms with Crippen LogP contribution < -0.4 is 0 Å². The van der Waals surface area contributed by atoms with Gasteiger partial charge in [0.1, 0.15) is 6.10 Å². The summed E-state index contributed by atoms with van der Waals surface area (Å²) in [7, 11) is 0. The van der Waals surface area contributed by atoms with Crippen LogP contribution in [0.5, 0.6) is 0 Å². The average molecular weight is 218 g/mol. The third-order valence-electron chi connectivity index (χ3n) is 2.56. The second kappa shape index (κ2) is 4.60. The number of rotatable bonds is 3. The molecule has 2 aromatic rings. The lowest BCUT2D eigenvalue weighted by Crippen LogP contribution is -1.97. The van der Waals surface area contributed by atoms with Crippen LogP contribution in [-0.4, -0.2) is 5.11 Å². The molecule has 0 unspecified atom stereocenters. The van der Waals surface area contributed by atoms with Crippen molar-refractivity contribution in [2.45, 2.75) is 19.4 Å². The zero-order chi connectivity index (χ0) is 10.7. The van der Waals surface area contributed by atoms with Crippen molar-refractivity contribution >= 4 is 11.3 Å². The van der Waals surface area contributed by atoms with E-state index in [4.69, 9.17) is 0 Å². The van der Waals surface area contributed by atoms with Gasteiger partial charge in [0.25, 0.3) is 0 Å². The SMILES string of the molecule is CCc1ccc([C@H](O)c2ccsc2)cc1. The number of thiophene rings is 1. The van der Waals surface area contributed by atoms with Crippen molar-refractivity contribution in [3.63, 3.8) is 0 Å². The van der Waals surface area contributed by atoms with Gasteiger partial charge in [-0.1, -0.05) is 31.2 Å². The van der Waals surface area contributed by atoms with Gasteiger partial charge in [-0.05, 0) is 39.9 Å². The van der Waals surface area contributed by atoms with Crippen molar-refractivity contribution in [3.05, 3.63) is 57.8 Å². The fourth-order valence-corrected chi connectivity index (χ4v) is 2.24. The molecule has 0 radical (unpaired) electrons. The van der Waals surface area contributed by atoms with Crippen molar-refractivity contribution in [1.82, 2.24) is 0 Å². The molecule has 0 amide bonds. The summed E-state index contributed by atoms with van der Waals surface area (Å²) in [5.74, 6) is 0. The van der Waals surface area contributed by atoms with Crippen LogP contribution in [0.4, 0.5) is 0 Å². The molecule has 2 rings (SSSR count). The Balaban J connectivity index is 2.22. The monoisotopic (exact) mass is 218 g/mol. The van der Waals surface area contributed by atoms with Crippen LogP contribution in [0.1, 0.15) is 29.7 Å². The maximum atomic E-state index is 10.1. The average Bonchev–Trinajstić information content (AvgIpc) is 2.82. The molecule has 0 spiro atoms. The number of benzene rings is 1. The molecule has 1 aromatic carbocycles. The van der Waals surface area contributed by atoms with Gasteiger partial charge in [0, 0.05) is 0 Å². The number of aryl methyl sites for hydroxylation is 1. The quantitative estimate of drug-likeness (QED) is 0.837. The van der Waals surface area contributed by atoms with Gasteiger partial charge in [0.05, 0.1) is 0 Å². The molecule has 1 heterocycles. The van der Waals surface area contributed by atoms with Crippen molar-refractivity contribution < 1.29 is 5.11 Å². The van der Waals surface area contributed by atoms with Gasteiger partial charge in [-0.3, -0.25) is 0 Å². The Bertz CT molecular complexity index is 403. The smallest absolute Gasteiger partial charge is 0.105 e. The zero-order valence-corrected chi connectivity index (χ0v) is 9.50. The van der Waals surface area contributed by atoms with E-state index in [-0.39, 0.29) is 0 Å². The Hall–Kier alpha value is -1.12. The molecule has 1 N–H and O–H groups in total. The summed E-state index contributed by atoms with van der Waals surface area (Å²) < 4.78 is 0. The van der Waals surface area contributed by atoms with Crippen LogP contribution in [0.3, 0.4) is 0 Å². The maximum Gasteiger partial charge on any atom is 0.105 e. The zero-order valence-electron chi connectivity index (χ0n) is 8.68. The van der Waals surface area contributed by atoms with Crippen molar-refractivity contribution in [2.24, 2.45) is 0 Å². The summed E-state index contributed by atoms with van der Waals surface area (Å²) >= 11 is 1.61. The van der Waals surface area contributed by atoms with E-state index in [2.05, 4.69) is 19.1 Å². The largest absolute Gasteiger partial charge is 0.384 e. The van der Waals surface area contributed by atoms with E-state index in [0.29, 0.717) is 0 Å². The summed E-state index contributed by atoms with van der Waals surface area (Å²) in [4.78, 5) is 0. The summed E-state index contributed by atoms with van der Waals surface area (Å²) in [6.07, 6.45) is 0.552. The highest BCUT2D eigenvalue weighted by Gasteiger charge is 2.09. The van der Waals surface area contributed by atoms with Gasteiger partial charge in [-0.25, -0.2) is 0 Å². The van der Waals surface area contributed by atoms with Crippen LogP contribution in [0.25, 0.3) is 0 Å². The van der Waals surface area contributed by atoms with Gasteiger partial charge >= 0.3 is 0 Å². The fraction of sp³-hybridized carbons (Fsp3) is 0.231. The highest BCUT2D eigenvalue weighted by atomic mass is 32.1. The van der Waals surface area contributed by atoms with Crippen LogP contribution in [0.15, 0.2) is 41.1 Å². The Morgan fingerprint density at radius 1 is 1.13 bits per heavy atom. The summed E-state index contributed by atoms with van der Waals surface area (Å²) in [6.45, 7) is 2.13. The Morgan fingerprint density at radius 3 is 2.40 bits per heavy atom. The minimum atomic E-state index is -0.484. The molecule has 1 aromatic heterocycles. The highest BCUT2D eigenvalue weighted by molar-refractivity contribution is 7.07. The van der Waals surface area contributed by atoms with E-state index in [1.807, 2.05) is 29.0 Å². The lowest BCUT2D eigenvalue weighted by molar-refractivity contribution is 0.221. The highest BCUT2D eigenvalue weighted by Crippen LogP contribution is 2.23. The Labute approximate surface area is 94.0 Å². The fourth-order valence-electron chi connectivity index (χ4n) is 1.56. The molecular formula is C13H14OS. The lowest BCUT2D eigenvalue weighted by atomic mass is 10.0. The molecule has 78 valence electrons. The second-order valence-electron chi connectivity index (χ2n) is 3.55. The minimum absolute atomic E-state index is 0.484. The first kappa shape index (κ1) is 10.4. The van der Waals surface area contributed by atoms with E-state index in [1.165, 1.54) is 5.56 Å². The molecule has 15 heavy (non-hydrogen) atoms. The molecule has 0 aliphatic rings. The van der Waals surface area contributed by atoms with Crippen molar-refractivity contribution in [1.29, 1.82) is 0 Å². The molecule has 0 bridgehead atoms. The van der Waals surface area contributed by atoms with E-state index < -0.39 is 6.10 Å². The van der Waals surface area contributed by atoms with E-state index in [0.717, 1.165) is 17.5 Å². The van der Waals surface area contributed by atoms with Gasteiger partial charge in [-0.2, -0.15) is 11.3 Å². The molecule has 2 heteroatoms. The second-order valence-corrected chi connectivity index (χ2v) is 4.33. The normalized spacial score (nSPS) is 12.7. The van der Waals surface area contributed by atoms with E-state index in [1.54, 1.807) is 11.3 Å². The van der Waals surface area contributed by atoms with Crippen LogP contribution >= 0.6 is 11.3 Å². The molecule has 0 aliphatic heterocycles. The van der Waals surface area contributed by atoms with Crippen LogP contribution in [-0.2, 0) is 6.42 Å². The van der Waals surface area contributed by atoms with Gasteiger partial charge in [0.2, 0.25) is 0 Å². The molecule has 0 fully saturated rings. The first-order valence-electron chi connectivity index (χ1n) is 5.10.